The third-order valence-corrected chi connectivity index (χ3v) is 4.86. The van der Waals surface area contributed by atoms with Crippen LogP contribution >= 0.6 is 0 Å². The smallest absolute Gasteiger partial charge is 0.191 e. The summed E-state index contributed by atoms with van der Waals surface area (Å²) in [7, 11) is 0. The lowest BCUT2D eigenvalue weighted by Crippen LogP contribution is -2.46. The molecule has 0 bridgehead atoms. The van der Waals surface area contributed by atoms with Crippen LogP contribution in [0, 0.1) is 6.92 Å². The van der Waals surface area contributed by atoms with E-state index < -0.39 is 0 Å². The predicted molar refractivity (Wildman–Crippen MR) is 107 cm³/mol. The Labute approximate surface area is 165 Å². The molecule has 7 nitrogen and oxygen atoms in total. The number of piperazine rings is 1. The quantitative estimate of drug-likeness (QED) is 0.652. The lowest BCUT2D eigenvalue weighted by Gasteiger charge is -2.34. The first-order valence-corrected chi connectivity index (χ1v) is 9.66. The molecule has 1 fully saturated rings. The normalized spacial score (nSPS) is 15.0. The molecule has 146 valence electrons. The molecule has 0 radical (unpaired) electrons. The molecule has 3 heterocycles. The highest BCUT2D eigenvalue weighted by molar-refractivity contribution is 5.60. The maximum Gasteiger partial charge on any atom is 0.191 e. The first-order chi connectivity index (χ1) is 13.7. The number of nitrogens with zero attached hydrogens (tertiary/aromatic N) is 5. The molecule has 1 aliphatic heterocycles. The molecule has 1 saturated heterocycles. The minimum absolute atomic E-state index is 0.666. The van der Waals surface area contributed by atoms with Gasteiger partial charge in [-0.15, -0.1) is 10.2 Å². The molecule has 2 aromatic heterocycles. The summed E-state index contributed by atoms with van der Waals surface area (Å²) >= 11 is 0. The van der Waals surface area contributed by atoms with Crippen LogP contribution in [0.5, 0.6) is 5.75 Å². The van der Waals surface area contributed by atoms with E-state index in [0.29, 0.717) is 6.61 Å². The van der Waals surface area contributed by atoms with Crippen LogP contribution in [0.4, 0.5) is 5.82 Å². The average molecular weight is 379 g/mol. The number of benzene rings is 1. The lowest BCUT2D eigenvalue weighted by atomic mass is 10.1. The summed E-state index contributed by atoms with van der Waals surface area (Å²) in [5.74, 6) is 2.51. The highest BCUT2D eigenvalue weighted by atomic mass is 16.5. The number of aromatic nitrogens is 3. The molecular weight excluding hydrogens is 354 g/mol. The van der Waals surface area contributed by atoms with Gasteiger partial charge in [-0.1, -0.05) is 0 Å². The standard InChI is InChI=1S/C21H25N5O2/c1-3-27-19-6-4-17(5-7-19)20-8-9-21(24-23-20)26-12-10-25(11-13-26)14-18-15-28-16(2)22-18/h4-9,15H,3,10-14H2,1-2H3. The van der Waals surface area contributed by atoms with Gasteiger partial charge in [-0.3, -0.25) is 4.90 Å². The maximum atomic E-state index is 5.49. The van der Waals surface area contributed by atoms with Crippen molar-refractivity contribution in [2.45, 2.75) is 20.4 Å². The third kappa shape index (κ3) is 4.31. The molecule has 0 saturated carbocycles. The summed E-state index contributed by atoms with van der Waals surface area (Å²) in [6.07, 6.45) is 1.74. The molecule has 0 aliphatic carbocycles. The summed E-state index contributed by atoms with van der Waals surface area (Å²) in [5, 5.41) is 8.87. The largest absolute Gasteiger partial charge is 0.494 e. The van der Waals surface area contributed by atoms with E-state index in [9.17, 15) is 0 Å². The fourth-order valence-electron chi connectivity index (χ4n) is 3.38. The van der Waals surface area contributed by atoms with Crippen LogP contribution in [0.15, 0.2) is 47.1 Å². The predicted octanol–water partition coefficient (Wildman–Crippen LogP) is 3.16. The summed E-state index contributed by atoms with van der Waals surface area (Å²) in [4.78, 5) is 9.05. The van der Waals surface area contributed by atoms with Crippen molar-refractivity contribution in [2.24, 2.45) is 0 Å². The maximum absolute atomic E-state index is 5.49. The Morgan fingerprint density at radius 3 is 2.39 bits per heavy atom. The highest BCUT2D eigenvalue weighted by Gasteiger charge is 2.19. The second kappa shape index (κ2) is 8.39. The van der Waals surface area contributed by atoms with Crippen LogP contribution in [0.1, 0.15) is 18.5 Å². The van der Waals surface area contributed by atoms with Crippen molar-refractivity contribution < 1.29 is 9.15 Å². The molecule has 3 aromatic rings. The van der Waals surface area contributed by atoms with Crippen molar-refractivity contribution >= 4 is 5.82 Å². The number of hydrogen-bond acceptors (Lipinski definition) is 7. The van der Waals surface area contributed by atoms with Gasteiger partial charge in [0, 0.05) is 45.2 Å². The molecule has 4 rings (SSSR count). The Hall–Kier alpha value is -2.93. The number of hydrogen-bond donors (Lipinski definition) is 0. The van der Waals surface area contributed by atoms with Crippen molar-refractivity contribution in [1.82, 2.24) is 20.1 Å². The van der Waals surface area contributed by atoms with E-state index in [-0.39, 0.29) is 0 Å². The first kappa shape index (κ1) is 18.4. The average Bonchev–Trinajstić information content (AvgIpc) is 3.14. The van der Waals surface area contributed by atoms with Crippen LogP contribution in [0.2, 0.25) is 0 Å². The summed E-state index contributed by atoms with van der Waals surface area (Å²) in [6.45, 7) is 9.13. The van der Waals surface area contributed by atoms with Gasteiger partial charge in [0.05, 0.1) is 18.0 Å². The van der Waals surface area contributed by atoms with Crippen molar-refractivity contribution in [3.63, 3.8) is 0 Å². The minimum Gasteiger partial charge on any atom is -0.494 e. The number of oxazole rings is 1. The summed E-state index contributed by atoms with van der Waals surface area (Å²) in [5.41, 5.74) is 2.90. The molecule has 28 heavy (non-hydrogen) atoms. The van der Waals surface area contributed by atoms with Crippen LogP contribution in [0.3, 0.4) is 0 Å². The number of ether oxygens (including phenoxy) is 1. The van der Waals surface area contributed by atoms with E-state index in [1.807, 2.05) is 44.2 Å². The Morgan fingerprint density at radius 1 is 1.00 bits per heavy atom. The second-order valence-corrected chi connectivity index (χ2v) is 6.86. The van der Waals surface area contributed by atoms with E-state index in [0.717, 1.165) is 67.1 Å². The van der Waals surface area contributed by atoms with Gasteiger partial charge in [-0.05, 0) is 43.3 Å². The van der Waals surface area contributed by atoms with Gasteiger partial charge in [0.25, 0.3) is 0 Å². The number of rotatable bonds is 6. The van der Waals surface area contributed by atoms with Gasteiger partial charge in [-0.2, -0.15) is 0 Å². The fourth-order valence-corrected chi connectivity index (χ4v) is 3.38. The van der Waals surface area contributed by atoms with Crippen molar-refractivity contribution in [3.8, 4) is 17.0 Å². The minimum atomic E-state index is 0.666. The monoisotopic (exact) mass is 379 g/mol. The van der Waals surface area contributed by atoms with Gasteiger partial charge in [0.2, 0.25) is 0 Å². The zero-order chi connectivity index (χ0) is 19.3. The van der Waals surface area contributed by atoms with Crippen LogP contribution in [-0.2, 0) is 6.54 Å². The zero-order valence-electron chi connectivity index (χ0n) is 16.3. The lowest BCUT2D eigenvalue weighted by molar-refractivity contribution is 0.246. The van der Waals surface area contributed by atoms with Gasteiger partial charge < -0.3 is 14.1 Å². The Bertz CT molecular complexity index is 884. The molecule has 0 atom stereocenters. The van der Waals surface area contributed by atoms with Gasteiger partial charge in [0.1, 0.15) is 12.0 Å². The van der Waals surface area contributed by atoms with Crippen molar-refractivity contribution in [1.29, 1.82) is 0 Å². The van der Waals surface area contributed by atoms with E-state index >= 15 is 0 Å². The first-order valence-electron chi connectivity index (χ1n) is 9.66. The van der Waals surface area contributed by atoms with E-state index in [4.69, 9.17) is 9.15 Å². The summed E-state index contributed by atoms with van der Waals surface area (Å²) < 4.78 is 10.8. The molecule has 1 aliphatic rings. The van der Waals surface area contributed by atoms with Crippen LogP contribution < -0.4 is 9.64 Å². The molecule has 0 unspecified atom stereocenters. The van der Waals surface area contributed by atoms with Crippen molar-refractivity contribution in [3.05, 3.63) is 54.2 Å². The van der Waals surface area contributed by atoms with Gasteiger partial charge >= 0.3 is 0 Å². The molecule has 7 heteroatoms. The SMILES string of the molecule is CCOc1ccc(-c2ccc(N3CCN(Cc4coc(C)n4)CC3)nn2)cc1. The van der Waals surface area contributed by atoms with Gasteiger partial charge in [-0.25, -0.2) is 4.98 Å². The fraction of sp³-hybridized carbons (Fsp3) is 0.381. The van der Waals surface area contributed by atoms with E-state index in [2.05, 4.69) is 31.0 Å². The van der Waals surface area contributed by atoms with Crippen LogP contribution in [0.25, 0.3) is 11.3 Å². The van der Waals surface area contributed by atoms with Crippen molar-refractivity contribution in [2.75, 3.05) is 37.7 Å². The topological polar surface area (TPSA) is 67.5 Å². The van der Waals surface area contributed by atoms with E-state index in [1.165, 1.54) is 0 Å². The molecule has 0 amide bonds. The molecular formula is C21H25N5O2. The molecule has 1 aromatic carbocycles. The Balaban J connectivity index is 1.34. The Kier molecular flexibility index (Phi) is 5.53. The van der Waals surface area contributed by atoms with Gasteiger partial charge in [0.15, 0.2) is 11.7 Å². The number of aryl methyl sites for hydroxylation is 1. The zero-order valence-corrected chi connectivity index (χ0v) is 16.3. The Morgan fingerprint density at radius 2 is 1.79 bits per heavy atom. The molecule has 0 spiro atoms. The van der Waals surface area contributed by atoms with E-state index in [1.54, 1.807) is 6.26 Å². The number of anilines is 1. The summed E-state index contributed by atoms with van der Waals surface area (Å²) in [6, 6.07) is 12.0. The molecule has 0 N–H and O–H groups in total. The van der Waals surface area contributed by atoms with Crippen LogP contribution in [-0.4, -0.2) is 52.9 Å². The second-order valence-electron chi connectivity index (χ2n) is 6.86. The highest BCUT2D eigenvalue weighted by Crippen LogP contribution is 2.22. The third-order valence-electron chi connectivity index (χ3n) is 4.86.